The first-order valence-electron chi connectivity index (χ1n) is 23.9. The molecule has 0 atom stereocenters. The van der Waals surface area contributed by atoms with Gasteiger partial charge in [0.05, 0.1) is 0 Å². The smallest absolute Gasteiger partial charge is 0.0485 e. The molecule has 4 nitrogen and oxygen atoms in total. The molecule has 0 bridgehead atoms. The van der Waals surface area contributed by atoms with Gasteiger partial charge in [-0.05, 0) is 165 Å². The Morgan fingerprint density at radius 3 is 1.06 bits per heavy atom. The van der Waals surface area contributed by atoms with E-state index in [0.29, 0.717) is 0 Å². The molecule has 4 heteroatoms. The van der Waals surface area contributed by atoms with Crippen LogP contribution in [0.1, 0.15) is 63.5 Å². The van der Waals surface area contributed by atoms with Gasteiger partial charge >= 0.3 is 0 Å². The molecule has 0 aromatic heterocycles. The first-order chi connectivity index (χ1) is 33.0. The van der Waals surface area contributed by atoms with Gasteiger partial charge in [-0.15, -0.1) is 0 Å². The van der Waals surface area contributed by atoms with Gasteiger partial charge in [0, 0.05) is 73.7 Å². The van der Waals surface area contributed by atoms with Crippen molar-refractivity contribution in [3.8, 4) is 0 Å². The first kappa shape index (κ1) is 43.1. The minimum atomic E-state index is -0.500. The van der Waals surface area contributed by atoms with Gasteiger partial charge in [-0.25, -0.2) is 0 Å². The number of anilines is 9. The fraction of sp³-hybridized carbons (Fsp3) is 0.143. The van der Waals surface area contributed by atoms with Gasteiger partial charge in [0.15, 0.2) is 0 Å². The van der Waals surface area contributed by atoms with Crippen molar-refractivity contribution in [2.45, 2.75) is 57.8 Å². The van der Waals surface area contributed by atoms with Crippen LogP contribution in [-0.2, 0) is 5.41 Å². The van der Waals surface area contributed by atoms with Crippen molar-refractivity contribution in [3.05, 3.63) is 271 Å². The molecule has 7 aromatic carbocycles. The Balaban J connectivity index is 1.24. The predicted octanol–water partition coefficient (Wildman–Crippen LogP) is 17.6. The lowest BCUT2D eigenvalue weighted by Gasteiger charge is -2.36. The third-order valence-corrected chi connectivity index (χ3v) is 13.1. The van der Waals surface area contributed by atoms with Gasteiger partial charge in [-0.3, -0.25) is 0 Å². The van der Waals surface area contributed by atoms with Crippen LogP contribution in [0.3, 0.4) is 0 Å². The van der Waals surface area contributed by atoms with Crippen molar-refractivity contribution in [3.63, 3.8) is 0 Å². The average molecular weight is 871 g/mol. The summed E-state index contributed by atoms with van der Waals surface area (Å²) in [6, 6.07) is 68.6. The van der Waals surface area contributed by atoms with E-state index in [4.69, 9.17) is 0 Å². The van der Waals surface area contributed by atoms with E-state index in [1.807, 2.05) is 0 Å². The molecule has 3 aliphatic rings. The molecular weight excluding hydrogens is 813 g/mol. The summed E-state index contributed by atoms with van der Waals surface area (Å²) >= 11 is 0. The topological polar surface area (TPSA) is 13.0 Å². The summed E-state index contributed by atoms with van der Waals surface area (Å²) in [5.41, 5.74) is 15.7. The van der Waals surface area contributed by atoms with Crippen molar-refractivity contribution < 1.29 is 0 Å². The molecule has 0 spiro atoms. The lowest BCUT2D eigenvalue weighted by atomic mass is 9.77. The zero-order valence-electron chi connectivity index (χ0n) is 38.6. The highest BCUT2D eigenvalue weighted by atomic mass is 15.2. The van der Waals surface area contributed by atoms with E-state index in [2.05, 4.69) is 276 Å². The molecule has 3 aliphatic carbocycles. The molecule has 330 valence electrons. The summed E-state index contributed by atoms with van der Waals surface area (Å²) in [7, 11) is 0. The van der Waals surface area contributed by atoms with Gasteiger partial charge in [0.2, 0.25) is 0 Å². The molecule has 7 aromatic rings. The fourth-order valence-corrected chi connectivity index (χ4v) is 9.65. The summed E-state index contributed by atoms with van der Waals surface area (Å²) < 4.78 is 0. The predicted molar refractivity (Wildman–Crippen MR) is 285 cm³/mol. The minimum Gasteiger partial charge on any atom is -0.314 e. The van der Waals surface area contributed by atoms with Crippen molar-refractivity contribution in [1.29, 1.82) is 0 Å². The molecule has 0 amide bonds. The van der Waals surface area contributed by atoms with Crippen LogP contribution in [0.4, 0.5) is 51.2 Å². The standard InChI is InChI=1S/C63H58N4/c1-63(2,49-43-59(64(51-27-11-3-12-28-51)52-29-13-4-14-30-52)47-60(44-49)65(53-31-15-5-16-32-53)54-33-17-6-18-34-54)50-45-61(66(55-35-19-7-20-36-55)56-37-21-8-22-38-56)48-62(46-50)67(57-39-23-9-24-40-57)58-41-25-10-26-42-58/h3-9,11-17,19-23,25,27-33,35-39,41-48H,10,18,24,26,34,40H2,1-2H3. The highest BCUT2D eigenvalue weighted by Crippen LogP contribution is 2.47. The number of para-hydroxylation sites is 5. The van der Waals surface area contributed by atoms with Crippen LogP contribution < -0.4 is 19.6 Å². The zero-order valence-corrected chi connectivity index (χ0v) is 38.6. The highest BCUT2D eigenvalue weighted by molar-refractivity contribution is 5.84. The largest absolute Gasteiger partial charge is 0.314 e. The lowest BCUT2D eigenvalue weighted by molar-refractivity contribution is 0.640. The van der Waals surface area contributed by atoms with E-state index in [9.17, 15) is 0 Å². The van der Waals surface area contributed by atoms with Crippen LogP contribution in [0.2, 0.25) is 0 Å². The Labute approximate surface area is 397 Å². The quantitative estimate of drug-likeness (QED) is 0.108. The number of rotatable bonds is 14. The van der Waals surface area contributed by atoms with Gasteiger partial charge in [0.25, 0.3) is 0 Å². The van der Waals surface area contributed by atoms with Crippen LogP contribution in [0.25, 0.3) is 0 Å². The van der Waals surface area contributed by atoms with E-state index >= 15 is 0 Å². The number of benzene rings is 7. The Hall–Kier alpha value is -7.82. The van der Waals surface area contributed by atoms with E-state index in [-0.39, 0.29) is 0 Å². The molecule has 0 radical (unpaired) electrons. The van der Waals surface area contributed by atoms with Crippen LogP contribution in [0, 0.1) is 0 Å². The molecular formula is C63H58N4. The third kappa shape index (κ3) is 9.34. The lowest BCUT2D eigenvalue weighted by Crippen LogP contribution is -2.26. The van der Waals surface area contributed by atoms with E-state index in [0.717, 1.165) is 89.7 Å². The van der Waals surface area contributed by atoms with Crippen molar-refractivity contribution in [1.82, 2.24) is 0 Å². The average Bonchev–Trinajstić information content (AvgIpc) is 3.39. The Morgan fingerprint density at radius 1 is 0.343 bits per heavy atom. The summed E-state index contributed by atoms with van der Waals surface area (Å²) in [4.78, 5) is 9.81. The van der Waals surface area contributed by atoms with Gasteiger partial charge in [0.1, 0.15) is 0 Å². The SMILES string of the molecule is CC(C)(c1cc(N(C2=CCCC=C2)C2=CC=CCC2)cc(N(c2ccccc2)c2ccccc2)c1)c1cc(N(C2=CC=CCC2)c2ccccc2)cc(N(c2ccccc2)c2ccccc2)c1. The zero-order chi connectivity index (χ0) is 45.4. The monoisotopic (exact) mass is 870 g/mol. The molecule has 0 heterocycles. The maximum atomic E-state index is 2.52. The summed E-state index contributed by atoms with van der Waals surface area (Å²) in [6.07, 6.45) is 26.6. The number of nitrogens with zero attached hydrogens (tertiary/aromatic N) is 4. The van der Waals surface area contributed by atoms with Crippen molar-refractivity contribution in [2.24, 2.45) is 0 Å². The second kappa shape index (κ2) is 19.7. The van der Waals surface area contributed by atoms with Crippen LogP contribution in [-0.4, -0.2) is 0 Å². The van der Waals surface area contributed by atoms with Crippen LogP contribution in [0.15, 0.2) is 260 Å². The minimum absolute atomic E-state index is 0.500. The Bertz CT molecular complexity index is 2900. The molecule has 0 saturated carbocycles. The molecule has 0 aliphatic heterocycles. The molecule has 0 fully saturated rings. The van der Waals surface area contributed by atoms with Gasteiger partial charge in [-0.2, -0.15) is 0 Å². The first-order valence-corrected chi connectivity index (χ1v) is 23.9. The normalized spacial score (nSPS) is 14.4. The molecule has 0 N–H and O–H groups in total. The summed E-state index contributed by atoms with van der Waals surface area (Å²) in [6.45, 7) is 4.82. The van der Waals surface area contributed by atoms with Crippen molar-refractivity contribution >= 4 is 51.2 Å². The molecule has 67 heavy (non-hydrogen) atoms. The number of hydrogen-bond acceptors (Lipinski definition) is 4. The maximum absolute atomic E-state index is 2.52. The molecule has 0 saturated heterocycles. The second-order valence-electron chi connectivity index (χ2n) is 18.0. The van der Waals surface area contributed by atoms with Gasteiger partial charge < -0.3 is 19.6 Å². The molecule has 10 rings (SSSR count). The maximum Gasteiger partial charge on any atom is 0.0485 e. The van der Waals surface area contributed by atoms with Crippen LogP contribution in [0.5, 0.6) is 0 Å². The fourth-order valence-electron chi connectivity index (χ4n) is 9.65. The third-order valence-electron chi connectivity index (χ3n) is 13.1. The highest BCUT2D eigenvalue weighted by Gasteiger charge is 2.31. The Kier molecular flexibility index (Phi) is 12.7. The number of allylic oxidation sites excluding steroid dienone is 11. The van der Waals surface area contributed by atoms with Crippen LogP contribution >= 0.6 is 0 Å². The summed E-state index contributed by atoms with van der Waals surface area (Å²) in [5, 5.41) is 0. The summed E-state index contributed by atoms with van der Waals surface area (Å²) in [5.74, 6) is 0. The van der Waals surface area contributed by atoms with E-state index < -0.39 is 5.41 Å². The van der Waals surface area contributed by atoms with Crippen molar-refractivity contribution in [2.75, 3.05) is 19.6 Å². The Morgan fingerprint density at radius 2 is 0.701 bits per heavy atom. The van der Waals surface area contributed by atoms with E-state index in [1.165, 1.54) is 28.2 Å². The second-order valence-corrected chi connectivity index (χ2v) is 18.0. The van der Waals surface area contributed by atoms with Gasteiger partial charge in [-0.1, -0.05) is 141 Å². The number of hydrogen-bond donors (Lipinski definition) is 0. The molecule has 0 unspecified atom stereocenters. The van der Waals surface area contributed by atoms with E-state index in [1.54, 1.807) is 0 Å².